The summed E-state index contributed by atoms with van der Waals surface area (Å²) < 4.78 is 5.77. The fourth-order valence-corrected chi connectivity index (χ4v) is 3.92. The van der Waals surface area contributed by atoms with Gasteiger partial charge in [0.2, 0.25) is 17.8 Å². The van der Waals surface area contributed by atoms with E-state index in [4.69, 9.17) is 4.74 Å². The number of hydrogen-bond donors (Lipinski definition) is 1. The average Bonchev–Trinajstić information content (AvgIpc) is 2.72. The number of nitrogens with one attached hydrogen (secondary N) is 1. The molecule has 3 aliphatic heterocycles. The zero-order valence-electron chi connectivity index (χ0n) is 15.5. The Hall–Kier alpha value is -2.26. The molecule has 27 heavy (non-hydrogen) atoms. The summed E-state index contributed by atoms with van der Waals surface area (Å²) in [4.78, 5) is 38.8. The number of likely N-dealkylation sites (tertiary alicyclic amines) is 1. The third-order valence-electron chi connectivity index (χ3n) is 5.71. The van der Waals surface area contributed by atoms with Gasteiger partial charge in [0.1, 0.15) is 6.61 Å². The van der Waals surface area contributed by atoms with Gasteiger partial charge in [-0.3, -0.25) is 14.5 Å². The number of hydrogen-bond acceptors (Lipinski definition) is 7. The molecular formula is C18H26N6O3. The summed E-state index contributed by atoms with van der Waals surface area (Å²) >= 11 is 0. The number of aromatic nitrogens is 2. The molecule has 1 aromatic heterocycles. The average molecular weight is 374 g/mol. The van der Waals surface area contributed by atoms with E-state index in [-0.39, 0.29) is 24.0 Å². The zero-order valence-corrected chi connectivity index (χ0v) is 15.5. The molecule has 0 aliphatic carbocycles. The van der Waals surface area contributed by atoms with Crippen LogP contribution in [0.5, 0.6) is 0 Å². The Balaban J connectivity index is 1.22. The quantitative estimate of drug-likeness (QED) is 0.734. The maximum absolute atomic E-state index is 12.7. The number of amides is 2. The maximum atomic E-state index is 12.7. The molecule has 4 rings (SSSR count). The van der Waals surface area contributed by atoms with Crippen LogP contribution in [0.3, 0.4) is 0 Å². The van der Waals surface area contributed by atoms with E-state index >= 15 is 0 Å². The van der Waals surface area contributed by atoms with Gasteiger partial charge in [-0.15, -0.1) is 0 Å². The molecule has 1 N–H and O–H groups in total. The highest BCUT2D eigenvalue weighted by molar-refractivity contribution is 5.79. The van der Waals surface area contributed by atoms with E-state index in [9.17, 15) is 9.59 Å². The Morgan fingerprint density at radius 2 is 1.81 bits per heavy atom. The summed E-state index contributed by atoms with van der Waals surface area (Å²) in [6.07, 6.45) is 5.06. The van der Waals surface area contributed by atoms with Crippen LogP contribution in [0.1, 0.15) is 12.8 Å². The van der Waals surface area contributed by atoms with Gasteiger partial charge in [-0.05, 0) is 18.9 Å². The smallest absolute Gasteiger partial charge is 0.246 e. The Kier molecular flexibility index (Phi) is 5.22. The van der Waals surface area contributed by atoms with Crippen LogP contribution in [0.4, 0.5) is 5.95 Å². The fourth-order valence-electron chi connectivity index (χ4n) is 3.92. The Labute approximate surface area is 158 Å². The number of piperidine rings is 1. The third kappa shape index (κ3) is 4.19. The Morgan fingerprint density at radius 1 is 1.11 bits per heavy atom. The van der Waals surface area contributed by atoms with E-state index in [2.05, 4.69) is 25.1 Å². The number of morpholine rings is 1. The van der Waals surface area contributed by atoms with Gasteiger partial charge in [0.15, 0.2) is 0 Å². The topological polar surface area (TPSA) is 90.9 Å². The van der Waals surface area contributed by atoms with Gasteiger partial charge in [0, 0.05) is 58.2 Å². The van der Waals surface area contributed by atoms with Crippen molar-refractivity contribution in [2.45, 2.75) is 18.4 Å². The summed E-state index contributed by atoms with van der Waals surface area (Å²) in [6, 6.07) is 1.81. The molecule has 0 aromatic carbocycles. The molecular weight excluding hydrogens is 348 g/mol. The summed E-state index contributed by atoms with van der Waals surface area (Å²) in [5, 5.41) is 2.88. The van der Waals surface area contributed by atoms with Gasteiger partial charge < -0.3 is 19.9 Å². The zero-order chi connectivity index (χ0) is 18.7. The first-order chi connectivity index (χ1) is 13.1. The van der Waals surface area contributed by atoms with Crippen molar-refractivity contribution in [2.24, 2.45) is 0 Å². The SMILES string of the molecule is O=C1COC2(CCN(C(=O)CN3CCN(c4ncccn4)CC3)CC2)CN1. The molecule has 0 atom stereocenters. The summed E-state index contributed by atoms with van der Waals surface area (Å²) in [7, 11) is 0. The monoisotopic (exact) mass is 374 g/mol. The summed E-state index contributed by atoms with van der Waals surface area (Å²) in [6.45, 7) is 5.82. The second-order valence-corrected chi connectivity index (χ2v) is 7.44. The number of carbonyl (C=O) groups excluding carboxylic acids is 2. The molecule has 9 heteroatoms. The lowest BCUT2D eigenvalue weighted by atomic mass is 9.90. The number of anilines is 1. The number of ether oxygens (including phenoxy) is 1. The van der Waals surface area contributed by atoms with Gasteiger partial charge in [-0.2, -0.15) is 0 Å². The maximum Gasteiger partial charge on any atom is 0.246 e. The van der Waals surface area contributed by atoms with Crippen LogP contribution >= 0.6 is 0 Å². The van der Waals surface area contributed by atoms with E-state index < -0.39 is 0 Å². The molecule has 0 bridgehead atoms. The van der Waals surface area contributed by atoms with E-state index in [0.29, 0.717) is 26.2 Å². The van der Waals surface area contributed by atoms with Crippen LogP contribution in [0.2, 0.25) is 0 Å². The van der Waals surface area contributed by atoms with Gasteiger partial charge >= 0.3 is 0 Å². The lowest BCUT2D eigenvalue weighted by Crippen LogP contribution is -2.59. The van der Waals surface area contributed by atoms with Crippen LogP contribution in [-0.4, -0.2) is 96.1 Å². The number of nitrogens with zero attached hydrogens (tertiary/aromatic N) is 5. The highest BCUT2D eigenvalue weighted by Gasteiger charge is 2.40. The predicted octanol–water partition coefficient (Wildman–Crippen LogP) is -0.894. The van der Waals surface area contributed by atoms with Gasteiger partial charge in [-0.25, -0.2) is 9.97 Å². The molecule has 0 radical (unpaired) electrons. The molecule has 3 aliphatic rings. The van der Waals surface area contributed by atoms with Crippen molar-refractivity contribution in [1.82, 2.24) is 25.1 Å². The van der Waals surface area contributed by atoms with Crippen molar-refractivity contribution in [3.05, 3.63) is 18.5 Å². The van der Waals surface area contributed by atoms with E-state index in [0.717, 1.165) is 45.0 Å². The van der Waals surface area contributed by atoms with Crippen LogP contribution in [0.25, 0.3) is 0 Å². The summed E-state index contributed by atoms with van der Waals surface area (Å²) in [5.74, 6) is 0.873. The van der Waals surface area contributed by atoms with Crippen LogP contribution in [0, 0.1) is 0 Å². The molecule has 3 saturated heterocycles. The lowest BCUT2D eigenvalue weighted by Gasteiger charge is -2.44. The van der Waals surface area contributed by atoms with Crippen LogP contribution in [-0.2, 0) is 14.3 Å². The van der Waals surface area contributed by atoms with Crippen molar-refractivity contribution in [3.8, 4) is 0 Å². The second-order valence-electron chi connectivity index (χ2n) is 7.44. The number of piperazine rings is 1. The van der Waals surface area contributed by atoms with Crippen molar-refractivity contribution in [1.29, 1.82) is 0 Å². The van der Waals surface area contributed by atoms with Crippen molar-refractivity contribution in [3.63, 3.8) is 0 Å². The third-order valence-corrected chi connectivity index (χ3v) is 5.71. The first kappa shape index (κ1) is 18.1. The Morgan fingerprint density at radius 3 is 2.44 bits per heavy atom. The molecule has 0 saturated carbocycles. The molecule has 3 fully saturated rings. The largest absolute Gasteiger partial charge is 0.363 e. The molecule has 4 heterocycles. The molecule has 0 unspecified atom stereocenters. The predicted molar refractivity (Wildman–Crippen MR) is 98.2 cm³/mol. The van der Waals surface area contributed by atoms with Crippen molar-refractivity contribution < 1.29 is 14.3 Å². The molecule has 1 spiro atoms. The van der Waals surface area contributed by atoms with Crippen LogP contribution in [0.15, 0.2) is 18.5 Å². The van der Waals surface area contributed by atoms with Gasteiger partial charge in [0.05, 0.1) is 12.1 Å². The van der Waals surface area contributed by atoms with Crippen molar-refractivity contribution in [2.75, 3.05) is 63.9 Å². The lowest BCUT2D eigenvalue weighted by molar-refractivity contribution is -0.155. The standard InChI is InChI=1S/C18H26N6O3/c25-15-13-27-18(14-21-15)2-6-23(7-3-18)16(26)12-22-8-10-24(11-9-22)17-19-4-1-5-20-17/h1,4-5H,2-3,6-14H2,(H,21,25). The Bertz CT molecular complexity index is 657. The number of rotatable bonds is 3. The second kappa shape index (κ2) is 7.77. The minimum atomic E-state index is -0.286. The summed E-state index contributed by atoms with van der Waals surface area (Å²) in [5.41, 5.74) is -0.286. The molecule has 1 aromatic rings. The highest BCUT2D eigenvalue weighted by Crippen LogP contribution is 2.27. The van der Waals surface area contributed by atoms with Crippen molar-refractivity contribution >= 4 is 17.8 Å². The molecule has 9 nitrogen and oxygen atoms in total. The highest BCUT2D eigenvalue weighted by atomic mass is 16.5. The molecule has 2 amide bonds. The normalized spacial score (nSPS) is 23.3. The van der Waals surface area contributed by atoms with Gasteiger partial charge in [0.25, 0.3) is 0 Å². The van der Waals surface area contributed by atoms with E-state index in [1.165, 1.54) is 0 Å². The van der Waals surface area contributed by atoms with Crippen LogP contribution < -0.4 is 10.2 Å². The molecule has 146 valence electrons. The van der Waals surface area contributed by atoms with E-state index in [1.54, 1.807) is 12.4 Å². The fraction of sp³-hybridized carbons (Fsp3) is 0.667. The first-order valence-electron chi connectivity index (χ1n) is 9.56. The van der Waals surface area contributed by atoms with E-state index in [1.807, 2.05) is 11.0 Å². The van der Waals surface area contributed by atoms with Gasteiger partial charge in [-0.1, -0.05) is 0 Å². The minimum absolute atomic E-state index is 0.0563. The number of carbonyl (C=O) groups is 2. The first-order valence-corrected chi connectivity index (χ1v) is 9.56. The minimum Gasteiger partial charge on any atom is -0.363 e.